The fraction of sp³-hybridized carbons (Fsp3) is 0.368. The highest BCUT2D eigenvalue weighted by molar-refractivity contribution is 5.85. The minimum atomic E-state index is -0.571. The molecule has 7 heteroatoms. The van der Waals surface area contributed by atoms with E-state index in [-0.39, 0.29) is 23.5 Å². The van der Waals surface area contributed by atoms with Crippen molar-refractivity contribution in [1.29, 1.82) is 0 Å². The maximum atomic E-state index is 12.6. The first kappa shape index (κ1) is 16.7. The molecule has 1 aromatic carbocycles. The Bertz CT molecular complexity index is 1090. The van der Waals surface area contributed by atoms with Crippen molar-refractivity contribution >= 4 is 10.9 Å². The van der Waals surface area contributed by atoms with E-state index in [4.69, 9.17) is 0 Å². The van der Waals surface area contributed by atoms with Gasteiger partial charge in [-0.05, 0) is 25.0 Å². The van der Waals surface area contributed by atoms with Crippen molar-refractivity contribution in [2.75, 3.05) is 6.54 Å². The van der Waals surface area contributed by atoms with E-state index in [2.05, 4.69) is 16.0 Å². The normalized spacial score (nSPS) is 18.0. The summed E-state index contributed by atoms with van der Waals surface area (Å²) in [7, 11) is 0. The third-order valence-electron chi connectivity index (χ3n) is 5.45. The molecule has 0 saturated carbocycles. The Morgan fingerprint density at radius 2 is 2.08 bits per heavy atom. The lowest BCUT2D eigenvalue weighted by Crippen LogP contribution is -2.87. The van der Waals surface area contributed by atoms with Crippen molar-refractivity contribution in [3.8, 4) is 5.88 Å². The van der Waals surface area contributed by atoms with Crippen molar-refractivity contribution in [2.24, 2.45) is 0 Å². The Kier molecular flexibility index (Phi) is 3.96. The molecule has 0 saturated heterocycles. The van der Waals surface area contributed by atoms with Crippen LogP contribution >= 0.6 is 0 Å². The van der Waals surface area contributed by atoms with E-state index in [1.165, 1.54) is 10.1 Å². The first-order valence-corrected chi connectivity index (χ1v) is 9.03. The zero-order valence-corrected chi connectivity index (χ0v) is 14.9. The van der Waals surface area contributed by atoms with Crippen LogP contribution in [0.1, 0.15) is 49.2 Å². The topological polar surface area (TPSA) is 107 Å². The highest BCUT2D eigenvalue weighted by Gasteiger charge is 2.34. The average Bonchev–Trinajstić information content (AvgIpc) is 3.00. The van der Waals surface area contributed by atoms with Crippen LogP contribution in [0, 0.1) is 0 Å². The van der Waals surface area contributed by atoms with Crippen molar-refractivity contribution in [2.45, 2.75) is 38.8 Å². The summed E-state index contributed by atoms with van der Waals surface area (Å²) in [6, 6.07) is 7.47. The van der Waals surface area contributed by atoms with Gasteiger partial charge in [-0.1, -0.05) is 25.1 Å². The number of benzene rings is 1. The molecular weight excluding hydrogens is 332 g/mol. The van der Waals surface area contributed by atoms with Gasteiger partial charge in [0, 0.05) is 23.4 Å². The van der Waals surface area contributed by atoms with Crippen LogP contribution in [0.5, 0.6) is 5.88 Å². The number of quaternary nitrogens is 1. The molecule has 3 aromatic rings. The fourth-order valence-corrected chi connectivity index (χ4v) is 3.95. The van der Waals surface area contributed by atoms with Crippen LogP contribution in [0.2, 0.25) is 0 Å². The highest BCUT2D eigenvalue weighted by atomic mass is 16.3. The number of nitrogens with zero attached hydrogens (tertiary/aromatic N) is 1. The molecule has 7 nitrogen and oxygen atoms in total. The molecule has 0 amide bonds. The molecule has 1 aliphatic rings. The maximum absolute atomic E-state index is 12.6. The zero-order chi connectivity index (χ0) is 18.4. The number of nitrogens with two attached hydrogens (primary N) is 1. The monoisotopic (exact) mass is 355 g/mol. The number of fused-ring (bicyclic) bond motifs is 3. The van der Waals surface area contributed by atoms with Gasteiger partial charge in [0.05, 0.1) is 12.2 Å². The van der Waals surface area contributed by atoms with Crippen molar-refractivity contribution < 1.29 is 10.4 Å². The Balaban J connectivity index is 1.96. The number of aromatic amines is 2. The van der Waals surface area contributed by atoms with E-state index in [9.17, 15) is 14.7 Å². The molecular formula is C19H23N4O3+. The Labute approximate surface area is 149 Å². The number of aromatic hydroxyl groups is 1. The molecule has 4 rings (SSSR count). The largest absolute Gasteiger partial charge is 0.494 e. The smallest absolute Gasteiger partial charge is 0.331 e. The van der Waals surface area contributed by atoms with Crippen LogP contribution in [-0.4, -0.2) is 26.2 Å². The molecule has 0 aliphatic carbocycles. The van der Waals surface area contributed by atoms with E-state index in [0.29, 0.717) is 6.42 Å². The molecule has 5 N–H and O–H groups in total. The van der Waals surface area contributed by atoms with Crippen LogP contribution in [0.4, 0.5) is 0 Å². The van der Waals surface area contributed by atoms with E-state index >= 15 is 0 Å². The second-order valence-electron chi connectivity index (χ2n) is 6.94. The molecule has 0 bridgehead atoms. The quantitative estimate of drug-likeness (QED) is 0.561. The predicted molar refractivity (Wildman–Crippen MR) is 98.6 cm³/mol. The number of aromatic nitrogens is 3. The van der Waals surface area contributed by atoms with Crippen LogP contribution in [-0.2, 0) is 6.42 Å². The van der Waals surface area contributed by atoms with Gasteiger partial charge >= 0.3 is 5.69 Å². The molecule has 26 heavy (non-hydrogen) atoms. The number of H-pyrrole nitrogens is 2. The lowest BCUT2D eigenvalue weighted by Gasteiger charge is -2.23. The summed E-state index contributed by atoms with van der Waals surface area (Å²) in [6.07, 6.45) is 1.56. The second kappa shape index (κ2) is 6.17. The molecule has 0 radical (unpaired) electrons. The van der Waals surface area contributed by atoms with Gasteiger partial charge in [-0.3, -0.25) is 14.3 Å². The predicted octanol–water partition coefficient (Wildman–Crippen LogP) is 0.903. The summed E-state index contributed by atoms with van der Waals surface area (Å²) in [5, 5.41) is 14.0. The first-order valence-electron chi connectivity index (χ1n) is 9.03. The minimum Gasteiger partial charge on any atom is -0.494 e. The van der Waals surface area contributed by atoms with E-state index < -0.39 is 11.2 Å². The average molecular weight is 355 g/mol. The Morgan fingerprint density at radius 1 is 1.31 bits per heavy atom. The fourth-order valence-electron chi connectivity index (χ4n) is 3.95. The summed E-state index contributed by atoms with van der Waals surface area (Å²) in [5.41, 5.74) is 2.25. The van der Waals surface area contributed by atoms with Crippen molar-refractivity contribution in [3.63, 3.8) is 0 Å². The number of nitrogens with one attached hydrogen (secondary N) is 2. The van der Waals surface area contributed by atoms with Gasteiger partial charge in [0.25, 0.3) is 5.56 Å². The third kappa shape index (κ3) is 2.39. The van der Waals surface area contributed by atoms with Crippen molar-refractivity contribution in [1.82, 2.24) is 14.5 Å². The summed E-state index contributed by atoms with van der Waals surface area (Å²) in [6.45, 7) is 4.59. The number of hydrogen-bond donors (Lipinski definition) is 4. The SMILES string of the molecule is CC[C@H](C)n1c(O)c([C@H]2[NH2+]CCc3c2[nH]c2ccccc32)c(=O)[nH]c1=O. The standard InChI is InChI=1S/C19H22N4O3/c1-3-10(2)23-18(25)14(17(24)22-19(23)26)16-15-12(8-9-20-16)11-6-4-5-7-13(11)21-15/h4-7,10,16,20-21,25H,3,8-9H2,1-2H3,(H,22,24,26)/p+1/t10-,16+/m0/s1. The van der Waals surface area contributed by atoms with Gasteiger partial charge in [-0.25, -0.2) is 4.79 Å². The first-order chi connectivity index (χ1) is 12.5. The molecule has 3 heterocycles. The van der Waals surface area contributed by atoms with Gasteiger partial charge in [0.1, 0.15) is 5.56 Å². The van der Waals surface area contributed by atoms with Crippen molar-refractivity contribution in [3.05, 3.63) is 61.9 Å². The molecule has 2 aromatic heterocycles. The lowest BCUT2D eigenvalue weighted by molar-refractivity contribution is -0.690. The van der Waals surface area contributed by atoms with Gasteiger partial charge < -0.3 is 15.4 Å². The van der Waals surface area contributed by atoms with Gasteiger partial charge in [-0.2, -0.15) is 0 Å². The van der Waals surface area contributed by atoms with E-state index in [0.717, 1.165) is 29.6 Å². The summed E-state index contributed by atoms with van der Waals surface area (Å²) >= 11 is 0. The summed E-state index contributed by atoms with van der Waals surface area (Å²) in [5.74, 6) is -0.235. The van der Waals surface area contributed by atoms with Crippen LogP contribution in [0.15, 0.2) is 33.9 Å². The zero-order valence-electron chi connectivity index (χ0n) is 14.9. The Morgan fingerprint density at radius 3 is 2.85 bits per heavy atom. The molecule has 136 valence electrons. The minimum absolute atomic E-state index is 0.205. The summed E-state index contributed by atoms with van der Waals surface area (Å²) < 4.78 is 1.28. The second-order valence-corrected chi connectivity index (χ2v) is 6.94. The highest BCUT2D eigenvalue weighted by Crippen LogP contribution is 2.32. The number of hydrogen-bond acceptors (Lipinski definition) is 3. The maximum Gasteiger partial charge on any atom is 0.331 e. The lowest BCUT2D eigenvalue weighted by atomic mass is 9.95. The number of para-hydroxylation sites is 1. The molecule has 0 fully saturated rings. The Hall–Kier alpha value is -2.80. The van der Waals surface area contributed by atoms with Gasteiger partial charge in [-0.15, -0.1) is 0 Å². The molecule has 0 spiro atoms. The molecule has 2 atom stereocenters. The number of rotatable bonds is 3. The van der Waals surface area contributed by atoms with E-state index in [1.54, 1.807) is 0 Å². The van der Waals surface area contributed by atoms with E-state index in [1.807, 2.05) is 37.4 Å². The van der Waals surface area contributed by atoms with Gasteiger partial charge in [0.2, 0.25) is 5.88 Å². The third-order valence-corrected chi connectivity index (χ3v) is 5.45. The molecule has 1 aliphatic heterocycles. The molecule has 0 unspecified atom stereocenters. The van der Waals surface area contributed by atoms with Crippen LogP contribution < -0.4 is 16.6 Å². The van der Waals surface area contributed by atoms with Crippen LogP contribution in [0.3, 0.4) is 0 Å². The van der Waals surface area contributed by atoms with Crippen LogP contribution in [0.25, 0.3) is 10.9 Å². The van der Waals surface area contributed by atoms with Gasteiger partial charge in [0.15, 0.2) is 6.04 Å². The summed E-state index contributed by atoms with van der Waals surface area (Å²) in [4.78, 5) is 30.6.